The van der Waals surface area contributed by atoms with Crippen LogP contribution in [0.5, 0.6) is 11.6 Å². The van der Waals surface area contributed by atoms with Crippen LogP contribution in [-0.2, 0) is 6.42 Å². The van der Waals surface area contributed by atoms with E-state index in [-0.39, 0.29) is 0 Å². The van der Waals surface area contributed by atoms with E-state index in [4.69, 9.17) is 16.3 Å². The van der Waals surface area contributed by atoms with E-state index in [0.717, 1.165) is 41.5 Å². The highest BCUT2D eigenvalue weighted by Gasteiger charge is 2.06. The molecular weight excluding hydrogens is 286 g/mol. The van der Waals surface area contributed by atoms with Crippen LogP contribution in [-0.4, -0.2) is 16.5 Å². The van der Waals surface area contributed by atoms with Gasteiger partial charge in [0, 0.05) is 17.6 Å². The van der Waals surface area contributed by atoms with Gasteiger partial charge in [-0.25, -0.2) is 4.98 Å². The largest absolute Gasteiger partial charge is 0.439 e. The monoisotopic (exact) mass is 305 g/mol. The van der Waals surface area contributed by atoms with E-state index >= 15 is 0 Å². The predicted octanol–water partition coefficient (Wildman–Crippen LogP) is 4.62. The van der Waals surface area contributed by atoms with Crippen molar-refractivity contribution >= 4 is 17.4 Å². The molecule has 5 heteroatoms. The molecule has 0 saturated carbocycles. The summed E-state index contributed by atoms with van der Waals surface area (Å²) in [5.74, 6) is 2.72. The van der Waals surface area contributed by atoms with Crippen molar-refractivity contribution in [3.63, 3.8) is 0 Å². The standard InChI is InChI=1S/C16H20ClN3O/c1-4-8-18-15-10-16(20-11(3)19-15)21-13-6-7-14(17)12(5-2)9-13/h6-7,9-10H,4-5,8H2,1-3H3,(H,18,19,20). The maximum Gasteiger partial charge on any atom is 0.224 e. The SMILES string of the molecule is CCCNc1cc(Oc2ccc(Cl)c(CC)c2)nc(C)n1. The Hall–Kier alpha value is -1.81. The molecule has 0 atom stereocenters. The third-order valence-electron chi connectivity index (χ3n) is 2.99. The average Bonchev–Trinajstić information content (AvgIpc) is 2.46. The highest BCUT2D eigenvalue weighted by atomic mass is 35.5. The van der Waals surface area contributed by atoms with Crippen LogP contribution in [0.2, 0.25) is 5.02 Å². The van der Waals surface area contributed by atoms with Crippen molar-refractivity contribution in [2.75, 3.05) is 11.9 Å². The van der Waals surface area contributed by atoms with Gasteiger partial charge in [-0.15, -0.1) is 0 Å². The summed E-state index contributed by atoms with van der Waals surface area (Å²) in [6, 6.07) is 7.44. The molecule has 0 aliphatic carbocycles. The zero-order chi connectivity index (χ0) is 15.2. The fourth-order valence-electron chi connectivity index (χ4n) is 1.94. The number of anilines is 1. The molecule has 1 aromatic heterocycles. The molecule has 1 aromatic carbocycles. The predicted molar refractivity (Wildman–Crippen MR) is 86.5 cm³/mol. The molecule has 0 saturated heterocycles. The van der Waals surface area contributed by atoms with Gasteiger partial charge in [-0.2, -0.15) is 4.98 Å². The summed E-state index contributed by atoms with van der Waals surface area (Å²) in [6.07, 6.45) is 1.90. The molecule has 112 valence electrons. The molecule has 2 rings (SSSR count). The maximum atomic E-state index is 6.12. The molecule has 0 fully saturated rings. The highest BCUT2D eigenvalue weighted by molar-refractivity contribution is 6.31. The number of hydrogen-bond acceptors (Lipinski definition) is 4. The summed E-state index contributed by atoms with van der Waals surface area (Å²) in [4.78, 5) is 8.65. The zero-order valence-electron chi connectivity index (χ0n) is 12.6. The van der Waals surface area contributed by atoms with E-state index in [1.807, 2.05) is 31.2 Å². The summed E-state index contributed by atoms with van der Waals surface area (Å²) >= 11 is 6.12. The van der Waals surface area contributed by atoms with Gasteiger partial charge in [-0.3, -0.25) is 0 Å². The number of halogens is 1. The molecule has 0 amide bonds. The van der Waals surface area contributed by atoms with E-state index in [9.17, 15) is 0 Å². The molecule has 21 heavy (non-hydrogen) atoms. The second-order valence-corrected chi connectivity index (χ2v) is 5.18. The molecule has 0 aliphatic rings. The van der Waals surface area contributed by atoms with Gasteiger partial charge in [-0.05, 0) is 43.5 Å². The molecule has 0 bridgehead atoms. The minimum atomic E-state index is 0.533. The Balaban J connectivity index is 2.20. The molecule has 0 spiro atoms. The summed E-state index contributed by atoms with van der Waals surface area (Å²) in [7, 11) is 0. The van der Waals surface area contributed by atoms with Crippen LogP contribution in [0.3, 0.4) is 0 Å². The molecule has 1 N–H and O–H groups in total. The van der Waals surface area contributed by atoms with Crippen LogP contribution in [0.15, 0.2) is 24.3 Å². The van der Waals surface area contributed by atoms with E-state index in [2.05, 4.69) is 29.1 Å². The quantitative estimate of drug-likeness (QED) is 0.846. The second-order valence-electron chi connectivity index (χ2n) is 4.77. The van der Waals surface area contributed by atoms with Gasteiger partial charge in [-0.1, -0.05) is 25.4 Å². The lowest BCUT2D eigenvalue weighted by molar-refractivity contribution is 0.459. The Bertz CT molecular complexity index is 616. The summed E-state index contributed by atoms with van der Waals surface area (Å²) in [6.45, 7) is 6.89. The van der Waals surface area contributed by atoms with Crippen LogP contribution in [0.25, 0.3) is 0 Å². The number of hydrogen-bond donors (Lipinski definition) is 1. The molecule has 0 radical (unpaired) electrons. The fraction of sp³-hybridized carbons (Fsp3) is 0.375. The van der Waals surface area contributed by atoms with Gasteiger partial charge in [0.1, 0.15) is 17.4 Å². The third-order valence-corrected chi connectivity index (χ3v) is 3.36. The topological polar surface area (TPSA) is 47.0 Å². The number of nitrogens with zero attached hydrogens (tertiary/aromatic N) is 2. The van der Waals surface area contributed by atoms with E-state index in [1.54, 1.807) is 0 Å². The number of rotatable bonds is 6. The lowest BCUT2D eigenvalue weighted by Gasteiger charge is -2.10. The summed E-state index contributed by atoms with van der Waals surface area (Å²) in [5.41, 5.74) is 1.06. The van der Waals surface area contributed by atoms with Gasteiger partial charge in [0.25, 0.3) is 0 Å². The second kappa shape index (κ2) is 7.27. The van der Waals surface area contributed by atoms with Crippen molar-refractivity contribution in [3.8, 4) is 11.6 Å². The molecule has 1 heterocycles. The smallest absolute Gasteiger partial charge is 0.224 e. The normalized spacial score (nSPS) is 10.5. The average molecular weight is 306 g/mol. The van der Waals surface area contributed by atoms with Gasteiger partial charge in [0.2, 0.25) is 5.88 Å². The van der Waals surface area contributed by atoms with Gasteiger partial charge in [0.05, 0.1) is 0 Å². The van der Waals surface area contributed by atoms with Gasteiger partial charge >= 0.3 is 0 Å². The number of nitrogens with one attached hydrogen (secondary N) is 1. The summed E-state index contributed by atoms with van der Waals surface area (Å²) in [5, 5.41) is 4.00. The van der Waals surface area contributed by atoms with Gasteiger partial charge in [0.15, 0.2) is 0 Å². The third kappa shape index (κ3) is 4.33. The van der Waals surface area contributed by atoms with Crippen LogP contribution < -0.4 is 10.1 Å². The van der Waals surface area contributed by atoms with Crippen molar-refractivity contribution in [3.05, 3.63) is 40.7 Å². The molecule has 2 aromatic rings. The Morgan fingerprint density at radius 3 is 2.71 bits per heavy atom. The molecular formula is C16H20ClN3O. The van der Waals surface area contributed by atoms with E-state index in [0.29, 0.717) is 11.7 Å². The first kappa shape index (κ1) is 15.6. The highest BCUT2D eigenvalue weighted by Crippen LogP contribution is 2.26. The lowest BCUT2D eigenvalue weighted by Crippen LogP contribution is -2.04. The number of ether oxygens (including phenoxy) is 1. The maximum absolute atomic E-state index is 6.12. The Morgan fingerprint density at radius 2 is 2.00 bits per heavy atom. The van der Waals surface area contributed by atoms with E-state index in [1.165, 1.54) is 0 Å². The zero-order valence-corrected chi connectivity index (χ0v) is 13.4. The molecule has 4 nitrogen and oxygen atoms in total. The number of aromatic nitrogens is 2. The van der Waals surface area contributed by atoms with E-state index < -0.39 is 0 Å². The molecule has 0 unspecified atom stereocenters. The number of benzene rings is 1. The van der Waals surface area contributed by atoms with Crippen molar-refractivity contribution in [2.24, 2.45) is 0 Å². The Labute approximate surface area is 130 Å². The van der Waals surface area contributed by atoms with Gasteiger partial charge < -0.3 is 10.1 Å². The fourth-order valence-corrected chi connectivity index (χ4v) is 2.19. The van der Waals surface area contributed by atoms with Crippen molar-refractivity contribution in [1.82, 2.24) is 9.97 Å². The minimum Gasteiger partial charge on any atom is -0.439 e. The van der Waals surface area contributed by atoms with Crippen LogP contribution in [0.4, 0.5) is 5.82 Å². The summed E-state index contributed by atoms with van der Waals surface area (Å²) < 4.78 is 5.83. The first-order valence-corrected chi connectivity index (χ1v) is 7.56. The first-order valence-electron chi connectivity index (χ1n) is 7.18. The van der Waals surface area contributed by atoms with Crippen molar-refractivity contribution in [2.45, 2.75) is 33.6 Å². The van der Waals surface area contributed by atoms with Crippen LogP contribution in [0, 0.1) is 6.92 Å². The Morgan fingerprint density at radius 1 is 1.19 bits per heavy atom. The first-order chi connectivity index (χ1) is 10.1. The van der Waals surface area contributed by atoms with Crippen LogP contribution >= 0.6 is 11.6 Å². The Kier molecular flexibility index (Phi) is 5.39. The van der Waals surface area contributed by atoms with Crippen molar-refractivity contribution < 1.29 is 4.74 Å². The molecule has 0 aliphatic heterocycles. The lowest BCUT2D eigenvalue weighted by atomic mass is 10.1. The van der Waals surface area contributed by atoms with Crippen molar-refractivity contribution in [1.29, 1.82) is 0 Å². The van der Waals surface area contributed by atoms with Crippen LogP contribution in [0.1, 0.15) is 31.7 Å². The minimum absolute atomic E-state index is 0.533. The number of aryl methyl sites for hydroxylation is 2.